The van der Waals surface area contributed by atoms with Crippen molar-refractivity contribution in [3.63, 3.8) is 0 Å². The summed E-state index contributed by atoms with van der Waals surface area (Å²) in [7, 11) is 0. The van der Waals surface area contributed by atoms with E-state index >= 15 is 0 Å². The molecule has 0 saturated carbocycles. The Balaban J connectivity index is 1.55. The van der Waals surface area contributed by atoms with Crippen LogP contribution >= 0.6 is 11.3 Å². The summed E-state index contributed by atoms with van der Waals surface area (Å²) in [5.41, 5.74) is 3.43. The number of fused-ring (bicyclic) bond motifs is 1. The Labute approximate surface area is 168 Å². The fraction of sp³-hybridized carbons (Fsp3) is 0.261. The molecule has 2 aromatic carbocycles. The molecule has 3 heterocycles. The van der Waals surface area contributed by atoms with Crippen molar-refractivity contribution in [2.45, 2.75) is 38.6 Å². The van der Waals surface area contributed by atoms with Crippen molar-refractivity contribution in [2.24, 2.45) is 0 Å². The number of aromatic nitrogens is 4. The lowest BCUT2D eigenvalue weighted by Gasteiger charge is -2.05. The van der Waals surface area contributed by atoms with Crippen LogP contribution in [-0.4, -0.2) is 19.7 Å². The number of thiazole rings is 1. The van der Waals surface area contributed by atoms with Crippen molar-refractivity contribution >= 4 is 11.3 Å². The van der Waals surface area contributed by atoms with Gasteiger partial charge in [0.15, 0.2) is 0 Å². The van der Waals surface area contributed by atoms with Crippen molar-refractivity contribution in [3.8, 4) is 21.7 Å². The van der Waals surface area contributed by atoms with E-state index in [1.54, 1.807) is 11.3 Å². The first kappa shape index (κ1) is 17.3. The third-order valence-electron chi connectivity index (χ3n) is 5.25. The van der Waals surface area contributed by atoms with E-state index < -0.39 is 0 Å². The normalized spacial score (nSPS) is 13.9. The Morgan fingerprint density at radius 2 is 1.57 bits per heavy atom. The van der Waals surface area contributed by atoms with Crippen molar-refractivity contribution in [1.82, 2.24) is 19.7 Å². The second-order valence-electron chi connectivity index (χ2n) is 7.19. The number of aryl methyl sites for hydroxylation is 1. The van der Waals surface area contributed by atoms with E-state index in [1.807, 2.05) is 6.07 Å². The summed E-state index contributed by atoms with van der Waals surface area (Å²) < 4.78 is 2.32. The van der Waals surface area contributed by atoms with Gasteiger partial charge in [0.05, 0.1) is 17.0 Å². The summed E-state index contributed by atoms with van der Waals surface area (Å²) in [6.45, 7) is 1.03. The van der Waals surface area contributed by atoms with Gasteiger partial charge in [-0.1, -0.05) is 67.1 Å². The van der Waals surface area contributed by atoms with Crippen LogP contribution in [0.15, 0.2) is 60.7 Å². The quantitative estimate of drug-likeness (QED) is 0.472. The summed E-state index contributed by atoms with van der Waals surface area (Å²) in [5.74, 6) is 2.18. The highest BCUT2D eigenvalue weighted by Crippen LogP contribution is 2.37. The third-order valence-corrected chi connectivity index (χ3v) is 6.35. The molecule has 1 aliphatic heterocycles. The van der Waals surface area contributed by atoms with Crippen molar-refractivity contribution in [3.05, 3.63) is 77.3 Å². The minimum Gasteiger partial charge on any atom is -0.315 e. The lowest BCUT2D eigenvalue weighted by molar-refractivity contribution is 0.611. The zero-order chi connectivity index (χ0) is 18.8. The molecular weight excluding hydrogens is 364 g/mol. The molecular formula is C23H22N4S. The molecule has 0 saturated heterocycles. The van der Waals surface area contributed by atoms with Gasteiger partial charge in [0, 0.05) is 18.5 Å². The number of hydrogen-bond donors (Lipinski definition) is 0. The molecule has 0 aliphatic carbocycles. The highest BCUT2D eigenvalue weighted by Gasteiger charge is 2.19. The van der Waals surface area contributed by atoms with Crippen molar-refractivity contribution < 1.29 is 0 Å². The lowest BCUT2D eigenvalue weighted by Crippen LogP contribution is -2.06. The zero-order valence-corrected chi connectivity index (χ0v) is 16.5. The maximum absolute atomic E-state index is 5.04. The Bertz CT molecular complexity index is 1010. The van der Waals surface area contributed by atoms with Gasteiger partial charge in [0.25, 0.3) is 0 Å². The maximum Gasteiger partial charge on any atom is 0.139 e. The van der Waals surface area contributed by atoms with Gasteiger partial charge in [-0.3, -0.25) is 0 Å². The molecule has 0 spiro atoms. The molecule has 0 radical (unpaired) electrons. The molecule has 5 heteroatoms. The summed E-state index contributed by atoms with van der Waals surface area (Å²) >= 11 is 1.77. The Hall–Kier alpha value is -2.79. The first-order valence-corrected chi connectivity index (χ1v) is 10.7. The van der Waals surface area contributed by atoms with Crippen LogP contribution in [-0.2, 0) is 19.4 Å². The van der Waals surface area contributed by atoms with Gasteiger partial charge in [0.1, 0.15) is 16.7 Å². The third kappa shape index (κ3) is 3.38. The van der Waals surface area contributed by atoms with Crippen LogP contribution < -0.4 is 0 Å². The maximum atomic E-state index is 5.04. The molecule has 0 amide bonds. The molecule has 4 aromatic rings. The standard InChI is InChI=1S/C23H22N4S/c1-4-10-17(11-5-1)22-23(18-12-6-2-7-13-18)28-21(24-22)16-20-26-25-19-14-8-3-9-15-27(19)20/h1-2,4-7,10-13H,3,8-9,14-16H2. The topological polar surface area (TPSA) is 43.6 Å². The molecule has 4 nitrogen and oxygen atoms in total. The highest BCUT2D eigenvalue weighted by molar-refractivity contribution is 7.15. The van der Waals surface area contributed by atoms with Crippen LogP contribution in [0.5, 0.6) is 0 Å². The lowest BCUT2D eigenvalue weighted by atomic mass is 10.1. The summed E-state index contributed by atoms with van der Waals surface area (Å²) in [4.78, 5) is 6.26. The van der Waals surface area contributed by atoms with E-state index in [9.17, 15) is 0 Å². The minimum atomic E-state index is 0.740. The first-order valence-electron chi connectivity index (χ1n) is 9.90. The molecule has 2 aromatic heterocycles. The molecule has 140 valence electrons. The van der Waals surface area contributed by atoms with Crippen LogP contribution in [0.25, 0.3) is 21.7 Å². The molecule has 0 unspecified atom stereocenters. The molecule has 0 bridgehead atoms. The van der Waals surface area contributed by atoms with Crippen LogP contribution in [0, 0.1) is 0 Å². The molecule has 1 aliphatic rings. The van der Waals surface area contributed by atoms with E-state index in [4.69, 9.17) is 4.98 Å². The van der Waals surface area contributed by atoms with E-state index in [-0.39, 0.29) is 0 Å². The summed E-state index contributed by atoms with van der Waals surface area (Å²) in [6.07, 6.45) is 5.47. The van der Waals surface area contributed by atoms with Gasteiger partial charge in [-0.25, -0.2) is 4.98 Å². The summed E-state index contributed by atoms with van der Waals surface area (Å²) in [6, 6.07) is 21.0. The van der Waals surface area contributed by atoms with Gasteiger partial charge in [-0.2, -0.15) is 0 Å². The predicted octanol–water partition coefficient (Wildman–Crippen LogP) is 5.39. The SMILES string of the molecule is c1ccc(-c2nc(Cc3nnc4n3CCCCC4)sc2-c2ccccc2)cc1. The largest absolute Gasteiger partial charge is 0.315 e. The second kappa shape index (κ2) is 7.68. The fourth-order valence-electron chi connectivity index (χ4n) is 3.83. The number of hydrogen-bond acceptors (Lipinski definition) is 4. The fourth-order valence-corrected chi connectivity index (χ4v) is 4.92. The van der Waals surface area contributed by atoms with Gasteiger partial charge in [-0.15, -0.1) is 21.5 Å². The number of rotatable bonds is 4. The predicted molar refractivity (Wildman–Crippen MR) is 113 cm³/mol. The average Bonchev–Trinajstić information content (AvgIpc) is 3.26. The first-order chi connectivity index (χ1) is 13.9. The summed E-state index contributed by atoms with van der Waals surface area (Å²) in [5, 5.41) is 10.0. The van der Waals surface area contributed by atoms with Crippen LogP contribution in [0.4, 0.5) is 0 Å². The van der Waals surface area contributed by atoms with E-state index in [2.05, 4.69) is 69.4 Å². The molecule has 0 atom stereocenters. The van der Waals surface area contributed by atoms with Crippen molar-refractivity contribution in [1.29, 1.82) is 0 Å². The van der Waals surface area contributed by atoms with Gasteiger partial charge in [0.2, 0.25) is 0 Å². The molecule has 28 heavy (non-hydrogen) atoms. The van der Waals surface area contributed by atoms with E-state index in [1.165, 1.54) is 29.7 Å². The number of nitrogens with zero attached hydrogens (tertiary/aromatic N) is 4. The van der Waals surface area contributed by atoms with Crippen LogP contribution in [0.1, 0.15) is 35.9 Å². The smallest absolute Gasteiger partial charge is 0.139 e. The van der Waals surface area contributed by atoms with E-state index in [0.29, 0.717) is 0 Å². The Morgan fingerprint density at radius 3 is 2.36 bits per heavy atom. The van der Waals surface area contributed by atoms with Crippen molar-refractivity contribution in [2.75, 3.05) is 0 Å². The Morgan fingerprint density at radius 1 is 0.821 bits per heavy atom. The molecule has 0 fully saturated rings. The van der Waals surface area contributed by atoms with Gasteiger partial charge < -0.3 is 4.57 Å². The average molecular weight is 387 g/mol. The van der Waals surface area contributed by atoms with E-state index in [0.717, 1.165) is 47.3 Å². The molecule has 0 N–H and O–H groups in total. The van der Waals surface area contributed by atoms with Gasteiger partial charge >= 0.3 is 0 Å². The molecule has 5 rings (SSSR count). The van der Waals surface area contributed by atoms with Crippen LogP contribution in [0.3, 0.4) is 0 Å². The monoisotopic (exact) mass is 386 g/mol. The highest BCUT2D eigenvalue weighted by atomic mass is 32.1. The van der Waals surface area contributed by atoms with Crippen LogP contribution in [0.2, 0.25) is 0 Å². The second-order valence-corrected chi connectivity index (χ2v) is 8.27. The van der Waals surface area contributed by atoms with Gasteiger partial charge in [-0.05, 0) is 18.4 Å². The number of benzene rings is 2. The zero-order valence-electron chi connectivity index (χ0n) is 15.7. The minimum absolute atomic E-state index is 0.740. The Kier molecular flexibility index (Phi) is 4.75.